The molecular formula is C20H25FN6O3S. The molecule has 0 unspecified atom stereocenters. The Bertz CT molecular complexity index is 1020. The van der Waals surface area contributed by atoms with Crippen LogP contribution in [0.1, 0.15) is 6.92 Å². The Morgan fingerprint density at radius 3 is 2.87 bits per heavy atom. The number of rotatable bonds is 12. The molecule has 31 heavy (non-hydrogen) atoms. The van der Waals surface area contributed by atoms with Crippen LogP contribution in [0, 0.1) is 5.82 Å². The van der Waals surface area contributed by atoms with E-state index in [4.69, 9.17) is 9.47 Å². The Morgan fingerprint density at radius 1 is 1.26 bits per heavy atom. The molecule has 2 aromatic heterocycles. The predicted octanol–water partition coefficient (Wildman–Crippen LogP) is 2.33. The number of ether oxygens (including phenoxy) is 2. The summed E-state index contributed by atoms with van der Waals surface area (Å²) in [6, 6.07) is 5.96. The van der Waals surface area contributed by atoms with Gasteiger partial charge in [0.25, 0.3) is 5.91 Å². The number of aromatic nitrogens is 4. The van der Waals surface area contributed by atoms with E-state index in [1.165, 1.54) is 23.9 Å². The maximum atomic E-state index is 13.6. The average Bonchev–Trinajstić information content (AvgIpc) is 3.17. The van der Waals surface area contributed by atoms with Crippen LogP contribution in [-0.4, -0.2) is 64.8 Å². The number of anilines is 1. The third-order valence-corrected chi connectivity index (χ3v) is 4.92. The van der Waals surface area contributed by atoms with Crippen LogP contribution in [0.15, 0.2) is 35.6 Å². The standard InChI is InChI=1S/C20H25FN6O3S/c1-3-31-20-25-18(23-9-11-29-2)14-12-24-27(19(14)26-20)10-8-22-17(28)13-30-16-7-5-4-6-15(16)21/h4-7,12H,3,8-11,13H2,1-2H3,(H,22,28)(H,23,25,26). The van der Waals surface area contributed by atoms with Crippen LogP contribution < -0.4 is 15.4 Å². The molecule has 9 nitrogen and oxygen atoms in total. The first-order valence-corrected chi connectivity index (χ1v) is 10.8. The lowest BCUT2D eigenvalue weighted by Crippen LogP contribution is -2.31. The molecule has 2 heterocycles. The van der Waals surface area contributed by atoms with E-state index in [0.29, 0.717) is 42.9 Å². The van der Waals surface area contributed by atoms with E-state index in [1.54, 1.807) is 30.1 Å². The Balaban J connectivity index is 1.60. The smallest absolute Gasteiger partial charge is 0.258 e. The van der Waals surface area contributed by atoms with E-state index in [0.717, 1.165) is 11.1 Å². The van der Waals surface area contributed by atoms with Crippen molar-refractivity contribution in [1.29, 1.82) is 0 Å². The molecule has 2 N–H and O–H groups in total. The SMILES string of the molecule is CCSc1nc(NCCOC)c2cnn(CCNC(=O)COc3ccccc3F)c2n1. The summed E-state index contributed by atoms with van der Waals surface area (Å²) in [6.07, 6.45) is 1.70. The van der Waals surface area contributed by atoms with Crippen molar-refractivity contribution in [2.24, 2.45) is 0 Å². The van der Waals surface area contributed by atoms with Crippen molar-refractivity contribution < 1.29 is 18.7 Å². The molecule has 0 saturated carbocycles. The molecule has 0 aliphatic heterocycles. The van der Waals surface area contributed by atoms with E-state index >= 15 is 0 Å². The van der Waals surface area contributed by atoms with E-state index in [2.05, 4.69) is 25.7 Å². The molecule has 0 aliphatic carbocycles. The third-order valence-electron chi connectivity index (χ3n) is 4.19. The van der Waals surface area contributed by atoms with Crippen LogP contribution in [0.5, 0.6) is 5.75 Å². The number of thioether (sulfide) groups is 1. The monoisotopic (exact) mass is 448 g/mol. The highest BCUT2D eigenvalue weighted by molar-refractivity contribution is 7.99. The summed E-state index contributed by atoms with van der Waals surface area (Å²) in [6.45, 7) is 3.67. The quantitative estimate of drug-likeness (QED) is 0.247. The number of hydrogen-bond acceptors (Lipinski definition) is 8. The number of nitrogens with zero attached hydrogens (tertiary/aromatic N) is 4. The fourth-order valence-corrected chi connectivity index (χ4v) is 3.32. The lowest BCUT2D eigenvalue weighted by Gasteiger charge is -2.10. The molecule has 1 aromatic carbocycles. The lowest BCUT2D eigenvalue weighted by atomic mass is 10.3. The summed E-state index contributed by atoms with van der Waals surface area (Å²) in [7, 11) is 1.64. The molecule has 0 spiro atoms. The fourth-order valence-electron chi connectivity index (χ4n) is 2.76. The van der Waals surface area contributed by atoms with Crippen LogP contribution in [0.25, 0.3) is 11.0 Å². The van der Waals surface area contributed by atoms with Crippen molar-refractivity contribution in [1.82, 2.24) is 25.1 Å². The maximum absolute atomic E-state index is 13.6. The van der Waals surface area contributed by atoms with Crippen molar-refractivity contribution in [3.8, 4) is 5.75 Å². The molecule has 11 heteroatoms. The molecule has 0 aliphatic rings. The van der Waals surface area contributed by atoms with Gasteiger partial charge in [0.15, 0.2) is 29.0 Å². The molecule has 0 fully saturated rings. The van der Waals surface area contributed by atoms with Gasteiger partial charge < -0.3 is 20.1 Å². The number of amides is 1. The molecule has 0 bridgehead atoms. The van der Waals surface area contributed by atoms with Gasteiger partial charge in [-0.1, -0.05) is 30.8 Å². The zero-order chi connectivity index (χ0) is 22.1. The second-order valence-corrected chi connectivity index (χ2v) is 7.61. The number of benzene rings is 1. The zero-order valence-corrected chi connectivity index (χ0v) is 18.2. The number of para-hydroxylation sites is 1. The first kappa shape index (κ1) is 22.8. The predicted molar refractivity (Wildman–Crippen MR) is 117 cm³/mol. The fraction of sp³-hybridized carbons (Fsp3) is 0.400. The molecule has 0 saturated heterocycles. The number of fused-ring (bicyclic) bond motifs is 1. The van der Waals surface area contributed by atoms with Crippen molar-refractivity contribution in [3.05, 3.63) is 36.3 Å². The lowest BCUT2D eigenvalue weighted by molar-refractivity contribution is -0.123. The summed E-state index contributed by atoms with van der Waals surface area (Å²) < 4.78 is 25.6. The van der Waals surface area contributed by atoms with Crippen LogP contribution in [0.2, 0.25) is 0 Å². The summed E-state index contributed by atoms with van der Waals surface area (Å²) in [4.78, 5) is 21.2. The minimum Gasteiger partial charge on any atom is -0.481 e. The first-order valence-electron chi connectivity index (χ1n) is 9.85. The van der Waals surface area contributed by atoms with Gasteiger partial charge in [0.1, 0.15) is 5.82 Å². The number of carbonyl (C=O) groups excluding carboxylic acids is 1. The van der Waals surface area contributed by atoms with Gasteiger partial charge in [-0.2, -0.15) is 5.10 Å². The van der Waals surface area contributed by atoms with Gasteiger partial charge in [-0.25, -0.2) is 19.0 Å². The molecule has 166 valence electrons. The van der Waals surface area contributed by atoms with Gasteiger partial charge >= 0.3 is 0 Å². The van der Waals surface area contributed by atoms with Gasteiger partial charge in [0, 0.05) is 20.2 Å². The summed E-state index contributed by atoms with van der Waals surface area (Å²) in [5.41, 5.74) is 0.683. The number of halogens is 1. The molecule has 3 rings (SSSR count). The van der Waals surface area contributed by atoms with Gasteiger partial charge in [-0.3, -0.25) is 4.79 Å². The topological polar surface area (TPSA) is 103 Å². The minimum absolute atomic E-state index is 0.0434. The number of methoxy groups -OCH3 is 1. The normalized spacial score (nSPS) is 10.9. The molecule has 0 radical (unpaired) electrons. The van der Waals surface area contributed by atoms with Crippen LogP contribution in [-0.2, 0) is 16.1 Å². The summed E-state index contributed by atoms with van der Waals surface area (Å²) >= 11 is 1.54. The maximum Gasteiger partial charge on any atom is 0.258 e. The first-order chi connectivity index (χ1) is 15.1. The van der Waals surface area contributed by atoms with Gasteiger partial charge in [0.05, 0.1) is 24.7 Å². The Morgan fingerprint density at radius 2 is 2.10 bits per heavy atom. The molecule has 0 atom stereocenters. The van der Waals surface area contributed by atoms with Crippen LogP contribution >= 0.6 is 11.8 Å². The summed E-state index contributed by atoms with van der Waals surface area (Å²) in [5.74, 6) is 0.732. The highest BCUT2D eigenvalue weighted by Crippen LogP contribution is 2.24. The Hall–Kier alpha value is -2.92. The van der Waals surface area contributed by atoms with Gasteiger partial charge in [-0.15, -0.1) is 0 Å². The Labute approximate surface area is 183 Å². The molecule has 1 amide bonds. The minimum atomic E-state index is -0.506. The van der Waals surface area contributed by atoms with Crippen LogP contribution in [0.4, 0.5) is 10.2 Å². The average molecular weight is 449 g/mol. The van der Waals surface area contributed by atoms with E-state index < -0.39 is 5.82 Å². The van der Waals surface area contributed by atoms with Crippen molar-refractivity contribution in [2.75, 3.05) is 44.5 Å². The van der Waals surface area contributed by atoms with Gasteiger partial charge in [0.2, 0.25) is 0 Å². The number of carbonyl (C=O) groups is 1. The highest BCUT2D eigenvalue weighted by atomic mass is 32.2. The van der Waals surface area contributed by atoms with Crippen molar-refractivity contribution >= 4 is 34.5 Å². The van der Waals surface area contributed by atoms with Crippen LogP contribution in [0.3, 0.4) is 0 Å². The number of nitrogens with one attached hydrogen (secondary N) is 2. The second-order valence-electron chi connectivity index (χ2n) is 6.38. The zero-order valence-electron chi connectivity index (χ0n) is 17.4. The van der Waals surface area contributed by atoms with Crippen molar-refractivity contribution in [3.63, 3.8) is 0 Å². The molecular weight excluding hydrogens is 423 g/mol. The Kier molecular flexibility index (Phi) is 8.42. The second kappa shape index (κ2) is 11.5. The van der Waals surface area contributed by atoms with Crippen molar-refractivity contribution in [2.45, 2.75) is 18.6 Å². The van der Waals surface area contributed by atoms with E-state index in [-0.39, 0.29) is 18.3 Å². The third kappa shape index (κ3) is 6.28. The van der Waals surface area contributed by atoms with Gasteiger partial charge in [-0.05, 0) is 17.9 Å². The largest absolute Gasteiger partial charge is 0.481 e. The highest BCUT2D eigenvalue weighted by Gasteiger charge is 2.13. The van der Waals surface area contributed by atoms with E-state index in [1.807, 2.05) is 6.92 Å². The number of hydrogen-bond donors (Lipinski definition) is 2. The van der Waals surface area contributed by atoms with E-state index in [9.17, 15) is 9.18 Å². The molecule has 3 aromatic rings. The summed E-state index contributed by atoms with van der Waals surface area (Å²) in [5, 5.41) is 11.8.